The summed E-state index contributed by atoms with van der Waals surface area (Å²) in [6, 6.07) is 0. The van der Waals surface area contributed by atoms with Gasteiger partial charge in [-0.2, -0.15) is 23.3 Å². The van der Waals surface area contributed by atoms with Gasteiger partial charge in [-0.3, -0.25) is 4.68 Å². The number of alkyl halides is 3. The third kappa shape index (κ3) is 2.11. The standard InChI is InChI=1S/C11H11F3N4O/c1-18-5-7(8(16-18)11(12,13)14)9-15-10(19-17-9)6-3-2-4-6/h5-6H,2-4H2,1H3. The molecule has 0 bridgehead atoms. The first kappa shape index (κ1) is 12.2. The van der Waals surface area contributed by atoms with E-state index in [0.717, 1.165) is 23.9 Å². The van der Waals surface area contributed by atoms with E-state index < -0.39 is 11.9 Å². The average molecular weight is 272 g/mol. The zero-order valence-electron chi connectivity index (χ0n) is 10.1. The van der Waals surface area contributed by atoms with E-state index in [2.05, 4.69) is 15.2 Å². The second-order valence-corrected chi connectivity index (χ2v) is 4.65. The normalized spacial score (nSPS) is 16.6. The highest BCUT2D eigenvalue weighted by molar-refractivity contribution is 5.57. The molecule has 0 atom stereocenters. The van der Waals surface area contributed by atoms with Crippen molar-refractivity contribution in [2.24, 2.45) is 7.05 Å². The van der Waals surface area contributed by atoms with Crippen LogP contribution in [0.3, 0.4) is 0 Å². The van der Waals surface area contributed by atoms with Gasteiger partial charge in [-0.05, 0) is 12.8 Å². The van der Waals surface area contributed by atoms with Crippen LogP contribution < -0.4 is 0 Å². The molecule has 0 saturated heterocycles. The lowest BCUT2D eigenvalue weighted by atomic mass is 9.85. The number of halogens is 3. The van der Waals surface area contributed by atoms with Crippen LogP contribution in [0.1, 0.15) is 36.8 Å². The number of aryl methyl sites for hydroxylation is 1. The quantitative estimate of drug-likeness (QED) is 0.843. The molecule has 0 unspecified atom stereocenters. The van der Waals surface area contributed by atoms with Crippen LogP contribution in [0.5, 0.6) is 0 Å². The van der Waals surface area contributed by atoms with E-state index in [-0.39, 0.29) is 17.3 Å². The topological polar surface area (TPSA) is 56.7 Å². The SMILES string of the molecule is Cn1cc(-c2noc(C3CCC3)n2)c(C(F)(F)F)n1. The third-order valence-corrected chi connectivity index (χ3v) is 3.23. The molecule has 2 heterocycles. The summed E-state index contributed by atoms with van der Waals surface area (Å²) >= 11 is 0. The molecule has 0 amide bonds. The van der Waals surface area contributed by atoms with Crippen LogP contribution in [0.15, 0.2) is 10.7 Å². The summed E-state index contributed by atoms with van der Waals surface area (Å²) in [6.07, 6.45) is -0.309. The minimum Gasteiger partial charge on any atom is -0.339 e. The lowest BCUT2D eigenvalue weighted by Gasteiger charge is -2.20. The summed E-state index contributed by atoms with van der Waals surface area (Å²) in [5.74, 6) is 0.549. The first-order chi connectivity index (χ1) is 8.95. The van der Waals surface area contributed by atoms with Crippen molar-refractivity contribution in [1.82, 2.24) is 19.9 Å². The molecule has 0 radical (unpaired) electrons. The van der Waals surface area contributed by atoms with Crippen LogP contribution in [-0.2, 0) is 13.2 Å². The zero-order chi connectivity index (χ0) is 13.6. The fraction of sp³-hybridized carbons (Fsp3) is 0.545. The molecule has 1 aliphatic carbocycles. The molecule has 2 aromatic heterocycles. The van der Waals surface area contributed by atoms with Gasteiger partial charge in [0.15, 0.2) is 5.69 Å². The smallest absolute Gasteiger partial charge is 0.339 e. The van der Waals surface area contributed by atoms with E-state index in [1.165, 1.54) is 13.2 Å². The van der Waals surface area contributed by atoms with Gasteiger partial charge >= 0.3 is 6.18 Å². The van der Waals surface area contributed by atoms with Crippen molar-refractivity contribution in [3.8, 4) is 11.4 Å². The molecular weight excluding hydrogens is 261 g/mol. The van der Waals surface area contributed by atoms with Crippen LogP contribution in [0.2, 0.25) is 0 Å². The van der Waals surface area contributed by atoms with Crippen molar-refractivity contribution >= 4 is 0 Å². The number of rotatable bonds is 2. The van der Waals surface area contributed by atoms with Gasteiger partial charge in [0.2, 0.25) is 11.7 Å². The van der Waals surface area contributed by atoms with Gasteiger partial charge < -0.3 is 4.52 Å². The number of nitrogens with zero attached hydrogens (tertiary/aromatic N) is 4. The van der Waals surface area contributed by atoms with Crippen molar-refractivity contribution < 1.29 is 17.7 Å². The fourth-order valence-corrected chi connectivity index (χ4v) is 2.03. The largest absolute Gasteiger partial charge is 0.435 e. The summed E-state index contributed by atoms with van der Waals surface area (Å²) in [5, 5.41) is 7.05. The van der Waals surface area contributed by atoms with Gasteiger partial charge in [0.05, 0.1) is 5.56 Å². The van der Waals surface area contributed by atoms with Crippen molar-refractivity contribution in [3.63, 3.8) is 0 Å². The number of hydrogen-bond acceptors (Lipinski definition) is 4. The van der Waals surface area contributed by atoms with Gasteiger partial charge in [-0.1, -0.05) is 11.6 Å². The molecule has 102 valence electrons. The minimum atomic E-state index is -4.53. The van der Waals surface area contributed by atoms with Crippen LogP contribution in [-0.4, -0.2) is 19.9 Å². The van der Waals surface area contributed by atoms with E-state index in [1.54, 1.807) is 0 Å². The van der Waals surface area contributed by atoms with Gasteiger partial charge in [0.25, 0.3) is 0 Å². The van der Waals surface area contributed by atoms with Crippen molar-refractivity contribution in [2.75, 3.05) is 0 Å². The maximum absolute atomic E-state index is 12.8. The highest BCUT2D eigenvalue weighted by atomic mass is 19.4. The highest BCUT2D eigenvalue weighted by Crippen LogP contribution is 2.38. The maximum Gasteiger partial charge on any atom is 0.435 e. The molecule has 19 heavy (non-hydrogen) atoms. The van der Waals surface area contributed by atoms with Crippen LogP contribution in [0, 0.1) is 0 Å². The Balaban J connectivity index is 1.99. The predicted octanol–water partition coefficient (Wildman–Crippen LogP) is 2.76. The molecule has 8 heteroatoms. The molecule has 5 nitrogen and oxygen atoms in total. The Labute approximate surface area is 106 Å². The molecular formula is C11H11F3N4O. The Morgan fingerprint density at radius 3 is 2.68 bits per heavy atom. The maximum atomic E-state index is 12.8. The summed E-state index contributed by atoms with van der Waals surface area (Å²) in [5.41, 5.74) is -1.14. The van der Waals surface area contributed by atoms with Crippen molar-refractivity contribution in [2.45, 2.75) is 31.4 Å². The fourth-order valence-electron chi connectivity index (χ4n) is 2.03. The van der Waals surface area contributed by atoms with Crippen LogP contribution >= 0.6 is 0 Å². The predicted molar refractivity (Wildman–Crippen MR) is 58.1 cm³/mol. The lowest BCUT2D eigenvalue weighted by molar-refractivity contribution is -0.141. The first-order valence-corrected chi connectivity index (χ1v) is 5.90. The van der Waals surface area contributed by atoms with Gasteiger partial charge in [0.1, 0.15) is 0 Å². The zero-order valence-corrected chi connectivity index (χ0v) is 10.1. The molecule has 0 aromatic carbocycles. The Kier molecular flexibility index (Phi) is 2.61. The Morgan fingerprint density at radius 1 is 1.37 bits per heavy atom. The van der Waals surface area contributed by atoms with Gasteiger partial charge in [0, 0.05) is 19.2 Å². The molecule has 2 aromatic rings. The highest BCUT2D eigenvalue weighted by Gasteiger charge is 2.39. The molecule has 0 spiro atoms. The van der Waals surface area contributed by atoms with Crippen molar-refractivity contribution in [3.05, 3.63) is 17.8 Å². The van der Waals surface area contributed by atoms with Gasteiger partial charge in [-0.15, -0.1) is 0 Å². The molecule has 1 saturated carbocycles. The van der Waals surface area contributed by atoms with E-state index in [4.69, 9.17) is 4.52 Å². The average Bonchev–Trinajstić information content (AvgIpc) is 2.80. The second kappa shape index (κ2) is 4.07. The molecule has 0 N–H and O–H groups in total. The van der Waals surface area contributed by atoms with Crippen LogP contribution in [0.4, 0.5) is 13.2 Å². The van der Waals surface area contributed by atoms with E-state index in [0.29, 0.717) is 5.89 Å². The monoisotopic (exact) mass is 272 g/mol. The van der Waals surface area contributed by atoms with Crippen molar-refractivity contribution in [1.29, 1.82) is 0 Å². The molecule has 0 aliphatic heterocycles. The summed E-state index contributed by atoms with van der Waals surface area (Å²) < 4.78 is 44.6. The van der Waals surface area contributed by atoms with E-state index >= 15 is 0 Å². The Morgan fingerprint density at radius 2 is 2.11 bits per heavy atom. The van der Waals surface area contributed by atoms with E-state index in [9.17, 15) is 13.2 Å². The Bertz CT molecular complexity index is 597. The van der Waals surface area contributed by atoms with Crippen LogP contribution in [0.25, 0.3) is 11.4 Å². The number of aromatic nitrogens is 4. The summed E-state index contributed by atoms with van der Waals surface area (Å²) in [7, 11) is 1.42. The van der Waals surface area contributed by atoms with Gasteiger partial charge in [-0.25, -0.2) is 0 Å². The first-order valence-electron chi connectivity index (χ1n) is 5.90. The second-order valence-electron chi connectivity index (χ2n) is 4.65. The lowest BCUT2D eigenvalue weighted by Crippen LogP contribution is -2.09. The summed E-state index contributed by atoms with van der Waals surface area (Å²) in [4.78, 5) is 4.06. The third-order valence-electron chi connectivity index (χ3n) is 3.23. The van der Waals surface area contributed by atoms with E-state index in [1.807, 2.05) is 0 Å². The molecule has 3 rings (SSSR count). The number of hydrogen-bond donors (Lipinski definition) is 0. The molecule has 1 fully saturated rings. The molecule has 1 aliphatic rings. The Hall–Kier alpha value is -1.86. The minimum absolute atomic E-state index is 0.0534. The summed E-state index contributed by atoms with van der Waals surface area (Å²) in [6.45, 7) is 0.